The van der Waals surface area contributed by atoms with Gasteiger partial charge in [0.2, 0.25) is 5.91 Å². The molecule has 0 bridgehead atoms. The lowest BCUT2D eigenvalue weighted by molar-refractivity contribution is -0.131. The van der Waals surface area contributed by atoms with Crippen LogP contribution >= 0.6 is 0 Å². The van der Waals surface area contributed by atoms with E-state index >= 15 is 0 Å². The maximum Gasteiger partial charge on any atom is 0.268 e. The number of amides is 2. The highest BCUT2D eigenvalue weighted by molar-refractivity contribution is 6.01. The molecule has 1 fully saturated rings. The minimum absolute atomic E-state index is 0.246. The number of pyridine rings is 1. The number of nitriles is 1. The van der Waals surface area contributed by atoms with Gasteiger partial charge in [-0.1, -0.05) is 18.2 Å². The molecule has 3 rings (SSSR count). The number of hydrogen-bond acceptors (Lipinski definition) is 5. The fraction of sp³-hybridized carbons (Fsp3) is 0.263. The third-order valence-corrected chi connectivity index (χ3v) is 4.26. The number of hydrogen-bond donors (Lipinski definition) is 2. The zero-order valence-electron chi connectivity index (χ0n) is 14.7. The van der Waals surface area contributed by atoms with Crippen LogP contribution in [-0.2, 0) is 4.79 Å². The van der Waals surface area contributed by atoms with Crippen molar-refractivity contribution in [3.8, 4) is 6.07 Å². The first-order valence-corrected chi connectivity index (χ1v) is 8.51. The number of likely N-dealkylation sites (tertiary alicyclic amines) is 1. The van der Waals surface area contributed by atoms with Gasteiger partial charge in [-0.25, -0.2) is 8.78 Å². The van der Waals surface area contributed by atoms with Gasteiger partial charge in [-0.3, -0.25) is 14.6 Å². The van der Waals surface area contributed by atoms with Crippen LogP contribution in [0.25, 0.3) is 0 Å². The van der Waals surface area contributed by atoms with Crippen molar-refractivity contribution in [2.24, 2.45) is 0 Å². The summed E-state index contributed by atoms with van der Waals surface area (Å²) in [6.07, 6.45) is 2.20. The molecule has 0 aliphatic carbocycles. The molecule has 0 radical (unpaired) electrons. The number of rotatable bonds is 5. The van der Waals surface area contributed by atoms with E-state index in [-0.39, 0.29) is 5.56 Å². The molecule has 2 amide bonds. The normalized spacial score (nSPS) is 17.6. The van der Waals surface area contributed by atoms with Crippen LogP contribution in [0.2, 0.25) is 0 Å². The average Bonchev–Trinajstić information content (AvgIpc) is 3.02. The number of para-hydroxylation sites is 1. The van der Waals surface area contributed by atoms with Gasteiger partial charge in [-0.2, -0.15) is 5.26 Å². The molecule has 2 N–H and O–H groups in total. The number of nitrogens with zero attached hydrogens (tertiary/aromatic N) is 3. The van der Waals surface area contributed by atoms with Crippen molar-refractivity contribution in [3.05, 3.63) is 54.4 Å². The lowest BCUT2D eigenvalue weighted by Gasteiger charge is -2.19. The van der Waals surface area contributed by atoms with E-state index in [1.807, 2.05) is 30.3 Å². The fourth-order valence-electron chi connectivity index (χ4n) is 2.92. The lowest BCUT2D eigenvalue weighted by Crippen LogP contribution is -2.43. The molecule has 0 spiro atoms. The third-order valence-electron chi connectivity index (χ3n) is 4.26. The van der Waals surface area contributed by atoms with Gasteiger partial charge < -0.3 is 15.5 Å². The van der Waals surface area contributed by atoms with E-state index in [2.05, 4.69) is 15.6 Å². The summed E-state index contributed by atoms with van der Waals surface area (Å²) in [5, 5.41) is 14.5. The molecule has 28 heavy (non-hydrogen) atoms. The molecular formula is C19H17F2N5O2. The summed E-state index contributed by atoms with van der Waals surface area (Å²) in [6, 6.07) is 11.1. The molecule has 7 nitrogen and oxygen atoms in total. The number of aromatic nitrogens is 1. The van der Waals surface area contributed by atoms with Gasteiger partial charge in [-0.05, 0) is 18.2 Å². The Kier molecular flexibility index (Phi) is 5.49. The van der Waals surface area contributed by atoms with Crippen LogP contribution in [0.5, 0.6) is 0 Å². The molecule has 144 valence electrons. The molecule has 9 heteroatoms. The summed E-state index contributed by atoms with van der Waals surface area (Å²) in [5.41, 5.74) is 1.42. The molecule has 2 heterocycles. The predicted molar refractivity (Wildman–Crippen MR) is 97.0 cm³/mol. The van der Waals surface area contributed by atoms with E-state index < -0.39 is 43.3 Å². The van der Waals surface area contributed by atoms with Crippen LogP contribution in [0.3, 0.4) is 0 Å². The topological polar surface area (TPSA) is 98.1 Å². The predicted octanol–water partition coefficient (Wildman–Crippen LogP) is 2.31. The van der Waals surface area contributed by atoms with E-state index in [4.69, 9.17) is 5.26 Å². The molecule has 1 atom stereocenters. The monoisotopic (exact) mass is 385 g/mol. The van der Waals surface area contributed by atoms with Gasteiger partial charge >= 0.3 is 0 Å². The molecule has 1 unspecified atom stereocenters. The van der Waals surface area contributed by atoms with Gasteiger partial charge in [-0.15, -0.1) is 0 Å². The first-order valence-electron chi connectivity index (χ1n) is 8.51. The number of nitrogens with one attached hydrogen (secondary N) is 2. The van der Waals surface area contributed by atoms with Crippen molar-refractivity contribution in [1.29, 1.82) is 5.26 Å². The summed E-state index contributed by atoms with van der Waals surface area (Å²) in [4.78, 5) is 29.5. The number of carbonyl (C=O) groups is 2. The second-order valence-electron chi connectivity index (χ2n) is 6.32. The molecule has 1 saturated heterocycles. The largest absolute Gasteiger partial charge is 0.354 e. The van der Waals surface area contributed by atoms with Crippen LogP contribution in [0.15, 0.2) is 48.8 Å². The Morgan fingerprint density at radius 1 is 1.29 bits per heavy atom. The zero-order chi connectivity index (χ0) is 20.1. The minimum Gasteiger partial charge on any atom is -0.354 e. The van der Waals surface area contributed by atoms with Crippen LogP contribution in [0.1, 0.15) is 16.8 Å². The highest BCUT2D eigenvalue weighted by Crippen LogP contribution is 2.31. The molecule has 1 aliphatic rings. The Labute approximate surface area is 160 Å². The van der Waals surface area contributed by atoms with Crippen LogP contribution in [-0.4, -0.2) is 46.8 Å². The van der Waals surface area contributed by atoms with Crippen molar-refractivity contribution in [3.63, 3.8) is 0 Å². The van der Waals surface area contributed by atoms with Gasteiger partial charge in [0.05, 0.1) is 36.6 Å². The van der Waals surface area contributed by atoms with Gasteiger partial charge in [0, 0.05) is 18.3 Å². The standard InChI is InChI=1S/C19H17F2N5O2/c20-19(21)8-14(9-22)26(12-19)17(27)11-24-18(28)15-6-7-23-10-16(15)25-13-4-2-1-3-5-13/h1-7,10,14,25H,8,11-12H2,(H,24,28). The van der Waals surface area contributed by atoms with Crippen molar-refractivity contribution in [2.75, 3.05) is 18.4 Å². The summed E-state index contributed by atoms with van der Waals surface area (Å²) >= 11 is 0. The molecule has 1 aromatic carbocycles. The molecule has 0 saturated carbocycles. The molecule has 2 aromatic rings. The van der Waals surface area contributed by atoms with E-state index in [9.17, 15) is 18.4 Å². The van der Waals surface area contributed by atoms with Gasteiger partial charge in [0.25, 0.3) is 11.8 Å². The molecule has 1 aromatic heterocycles. The Morgan fingerprint density at radius 2 is 2.04 bits per heavy atom. The molecular weight excluding hydrogens is 368 g/mol. The second kappa shape index (κ2) is 8.00. The van der Waals surface area contributed by atoms with E-state index in [1.54, 1.807) is 6.07 Å². The third kappa shape index (κ3) is 4.40. The number of halogens is 2. The smallest absolute Gasteiger partial charge is 0.268 e. The summed E-state index contributed by atoms with van der Waals surface area (Å²) < 4.78 is 26.9. The summed E-state index contributed by atoms with van der Waals surface area (Å²) in [5.74, 6) is -4.39. The maximum atomic E-state index is 13.5. The Bertz CT molecular complexity index is 914. The first kappa shape index (κ1) is 19.2. The first-order chi connectivity index (χ1) is 13.4. The number of anilines is 2. The minimum atomic E-state index is -3.10. The quantitative estimate of drug-likeness (QED) is 0.823. The number of alkyl halides is 2. The van der Waals surface area contributed by atoms with Crippen molar-refractivity contribution >= 4 is 23.2 Å². The average molecular weight is 385 g/mol. The van der Waals surface area contributed by atoms with E-state index in [1.165, 1.54) is 18.5 Å². The summed E-state index contributed by atoms with van der Waals surface area (Å²) in [7, 11) is 0. The zero-order valence-corrected chi connectivity index (χ0v) is 14.7. The number of benzene rings is 1. The highest BCUT2D eigenvalue weighted by Gasteiger charge is 2.47. The van der Waals surface area contributed by atoms with Crippen molar-refractivity contribution in [1.82, 2.24) is 15.2 Å². The fourth-order valence-corrected chi connectivity index (χ4v) is 2.92. The van der Waals surface area contributed by atoms with Crippen molar-refractivity contribution < 1.29 is 18.4 Å². The van der Waals surface area contributed by atoms with Crippen LogP contribution < -0.4 is 10.6 Å². The van der Waals surface area contributed by atoms with Crippen molar-refractivity contribution in [2.45, 2.75) is 18.4 Å². The summed E-state index contributed by atoms with van der Waals surface area (Å²) in [6.45, 7) is -1.31. The Morgan fingerprint density at radius 3 is 2.75 bits per heavy atom. The lowest BCUT2D eigenvalue weighted by atomic mass is 10.2. The SMILES string of the molecule is N#CC1CC(F)(F)CN1C(=O)CNC(=O)c1ccncc1Nc1ccccc1. The second-order valence-corrected chi connectivity index (χ2v) is 6.32. The van der Waals surface area contributed by atoms with Crippen LogP contribution in [0.4, 0.5) is 20.2 Å². The Balaban J connectivity index is 1.66. The van der Waals surface area contributed by atoms with Gasteiger partial charge in [0.1, 0.15) is 6.04 Å². The highest BCUT2D eigenvalue weighted by atomic mass is 19.3. The number of carbonyl (C=O) groups excluding carboxylic acids is 2. The van der Waals surface area contributed by atoms with E-state index in [0.717, 1.165) is 10.6 Å². The van der Waals surface area contributed by atoms with E-state index in [0.29, 0.717) is 5.69 Å². The van der Waals surface area contributed by atoms with Crippen LogP contribution in [0, 0.1) is 11.3 Å². The molecule has 1 aliphatic heterocycles. The Hall–Kier alpha value is -3.54. The van der Waals surface area contributed by atoms with Gasteiger partial charge in [0.15, 0.2) is 0 Å². The maximum absolute atomic E-state index is 13.5.